The number of hydrogen-bond acceptors (Lipinski definition) is 6. The predicted octanol–water partition coefficient (Wildman–Crippen LogP) is 3.37. The quantitative estimate of drug-likeness (QED) is 0.451. The summed E-state index contributed by atoms with van der Waals surface area (Å²) in [5.74, 6) is -0.472. The molecule has 1 aliphatic rings. The van der Waals surface area contributed by atoms with Gasteiger partial charge in [-0.1, -0.05) is 24.3 Å². The van der Waals surface area contributed by atoms with Crippen molar-refractivity contribution in [3.63, 3.8) is 0 Å². The first kappa shape index (κ1) is 20.4. The van der Waals surface area contributed by atoms with Crippen LogP contribution in [0.25, 0.3) is 0 Å². The number of nitrogens with two attached hydrogens (primary N) is 1. The standard InChI is InChI=1S/C22H25N3O4/c1-22(2,3)29-21(28)25-12-6-11-24-16-10-9-15(23)17-18(16)20(27)14-8-5-4-7-13(14)19(17)26/h4-5,7-10,24H,6,11-12,23H2,1-3H3,(H,25,28). The molecule has 7 nitrogen and oxygen atoms in total. The Morgan fingerprint density at radius 2 is 1.59 bits per heavy atom. The highest BCUT2D eigenvalue weighted by Crippen LogP contribution is 2.35. The molecule has 0 aliphatic heterocycles. The molecular weight excluding hydrogens is 370 g/mol. The second kappa shape index (κ2) is 7.95. The lowest BCUT2D eigenvalue weighted by Gasteiger charge is -2.22. The van der Waals surface area contributed by atoms with Crippen molar-refractivity contribution in [2.75, 3.05) is 24.1 Å². The fourth-order valence-electron chi connectivity index (χ4n) is 3.21. The second-order valence-corrected chi connectivity index (χ2v) is 7.87. The van der Waals surface area contributed by atoms with Crippen LogP contribution in [0.15, 0.2) is 36.4 Å². The Labute approximate surface area is 169 Å². The highest BCUT2D eigenvalue weighted by atomic mass is 16.6. The van der Waals surface area contributed by atoms with Gasteiger partial charge in [0.05, 0.1) is 11.1 Å². The van der Waals surface area contributed by atoms with E-state index in [1.54, 1.807) is 57.2 Å². The van der Waals surface area contributed by atoms with Crippen LogP contribution in [0.5, 0.6) is 0 Å². The Kier molecular flexibility index (Phi) is 5.59. The normalized spacial score (nSPS) is 12.8. The molecule has 0 fully saturated rings. The minimum Gasteiger partial charge on any atom is -0.444 e. The average Bonchev–Trinajstić information content (AvgIpc) is 2.65. The van der Waals surface area contributed by atoms with E-state index < -0.39 is 11.7 Å². The number of benzene rings is 2. The molecule has 0 aromatic heterocycles. The maximum absolute atomic E-state index is 13.0. The predicted molar refractivity (Wildman–Crippen MR) is 112 cm³/mol. The van der Waals surface area contributed by atoms with E-state index in [9.17, 15) is 14.4 Å². The Hall–Kier alpha value is -3.35. The van der Waals surface area contributed by atoms with Gasteiger partial charge in [0.25, 0.3) is 0 Å². The molecule has 1 amide bonds. The van der Waals surface area contributed by atoms with Crippen LogP contribution < -0.4 is 16.4 Å². The van der Waals surface area contributed by atoms with Gasteiger partial charge in [0, 0.05) is 35.6 Å². The summed E-state index contributed by atoms with van der Waals surface area (Å²) >= 11 is 0. The lowest BCUT2D eigenvalue weighted by molar-refractivity contribution is 0.0527. The van der Waals surface area contributed by atoms with Gasteiger partial charge in [0.15, 0.2) is 11.6 Å². The van der Waals surface area contributed by atoms with E-state index in [0.717, 1.165) is 0 Å². The zero-order valence-electron chi connectivity index (χ0n) is 16.8. The lowest BCUT2D eigenvalue weighted by atomic mass is 9.82. The van der Waals surface area contributed by atoms with Crippen LogP contribution in [0.1, 0.15) is 59.0 Å². The smallest absolute Gasteiger partial charge is 0.407 e. The fourth-order valence-corrected chi connectivity index (χ4v) is 3.21. The molecule has 0 bridgehead atoms. The third-order valence-electron chi connectivity index (χ3n) is 4.45. The summed E-state index contributed by atoms with van der Waals surface area (Å²) < 4.78 is 5.18. The number of alkyl carbamates (subject to hydrolysis) is 1. The zero-order valence-corrected chi connectivity index (χ0v) is 16.8. The average molecular weight is 395 g/mol. The molecule has 2 aromatic carbocycles. The SMILES string of the molecule is CC(C)(C)OC(=O)NCCCNc1ccc(N)c2c1C(=O)c1ccccc1C2=O. The van der Waals surface area contributed by atoms with Crippen LogP contribution in [-0.2, 0) is 4.74 Å². The molecular formula is C22H25N3O4. The van der Waals surface area contributed by atoms with Crippen molar-refractivity contribution in [3.8, 4) is 0 Å². The van der Waals surface area contributed by atoms with E-state index in [1.165, 1.54) is 0 Å². The van der Waals surface area contributed by atoms with Gasteiger partial charge < -0.3 is 21.1 Å². The van der Waals surface area contributed by atoms with Gasteiger partial charge in [-0.3, -0.25) is 9.59 Å². The molecule has 152 valence electrons. The van der Waals surface area contributed by atoms with E-state index in [1.807, 2.05) is 0 Å². The number of amides is 1. The Bertz CT molecular complexity index is 977. The molecule has 0 spiro atoms. The third kappa shape index (κ3) is 4.39. The number of rotatable bonds is 5. The van der Waals surface area contributed by atoms with E-state index in [2.05, 4.69) is 10.6 Å². The van der Waals surface area contributed by atoms with Crippen molar-refractivity contribution in [3.05, 3.63) is 58.7 Å². The number of fused-ring (bicyclic) bond motifs is 2. The molecule has 0 radical (unpaired) electrons. The molecule has 0 atom stereocenters. The minimum atomic E-state index is -0.547. The number of nitrogen functional groups attached to an aromatic ring is 1. The highest BCUT2D eigenvalue weighted by molar-refractivity contribution is 6.31. The van der Waals surface area contributed by atoms with Crippen molar-refractivity contribution in [1.29, 1.82) is 0 Å². The molecule has 0 saturated heterocycles. The zero-order chi connectivity index (χ0) is 21.2. The van der Waals surface area contributed by atoms with Crippen LogP contribution in [-0.4, -0.2) is 36.4 Å². The number of carbonyl (C=O) groups excluding carboxylic acids is 3. The van der Waals surface area contributed by atoms with Crippen LogP contribution in [0.3, 0.4) is 0 Å². The molecule has 4 N–H and O–H groups in total. The maximum Gasteiger partial charge on any atom is 0.407 e. The van der Waals surface area contributed by atoms with Gasteiger partial charge in [0.1, 0.15) is 5.60 Å². The Balaban J connectivity index is 1.69. The molecule has 0 heterocycles. The Morgan fingerprint density at radius 3 is 2.21 bits per heavy atom. The number of anilines is 2. The van der Waals surface area contributed by atoms with Crippen LogP contribution in [0.4, 0.5) is 16.2 Å². The van der Waals surface area contributed by atoms with Crippen molar-refractivity contribution >= 4 is 29.0 Å². The molecule has 7 heteroatoms. The van der Waals surface area contributed by atoms with Gasteiger partial charge in [-0.25, -0.2) is 4.79 Å². The Morgan fingerprint density at radius 1 is 0.966 bits per heavy atom. The second-order valence-electron chi connectivity index (χ2n) is 7.87. The van der Waals surface area contributed by atoms with Crippen LogP contribution in [0.2, 0.25) is 0 Å². The summed E-state index contributed by atoms with van der Waals surface area (Å²) in [7, 11) is 0. The first-order valence-corrected chi connectivity index (χ1v) is 9.50. The summed E-state index contributed by atoms with van der Waals surface area (Å²) in [5, 5.41) is 5.87. The van der Waals surface area contributed by atoms with Crippen molar-refractivity contribution in [2.24, 2.45) is 0 Å². The molecule has 29 heavy (non-hydrogen) atoms. The fraction of sp³-hybridized carbons (Fsp3) is 0.318. The van der Waals surface area contributed by atoms with Crippen molar-refractivity contribution in [1.82, 2.24) is 5.32 Å². The van der Waals surface area contributed by atoms with Gasteiger partial charge in [-0.05, 0) is 39.3 Å². The van der Waals surface area contributed by atoms with Gasteiger partial charge in [-0.2, -0.15) is 0 Å². The number of ketones is 2. The first-order chi connectivity index (χ1) is 13.7. The molecule has 3 rings (SSSR count). The summed E-state index contributed by atoms with van der Waals surface area (Å²) in [4.78, 5) is 37.6. The van der Waals surface area contributed by atoms with Crippen LogP contribution >= 0.6 is 0 Å². The minimum absolute atomic E-state index is 0.225. The van der Waals surface area contributed by atoms with E-state index in [0.29, 0.717) is 41.9 Å². The maximum atomic E-state index is 13.0. The molecule has 2 aromatic rings. The highest BCUT2D eigenvalue weighted by Gasteiger charge is 2.33. The number of hydrogen-bond donors (Lipinski definition) is 3. The van der Waals surface area contributed by atoms with Gasteiger partial charge >= 0.3 is 6.09 Å². The number of carbonyl (C=O) groups is 3. The summed E-state index contributed by atoms with van der Waals surface area (Å²) in [6.45, 7) is 6.31. The summed E-state index contributed by atoms with van der Waals surface area (Å²) in [6.07, 6.45) is 0.136. The number of nitrogens with one attached hydrogen (secondary N) is 2. The summed E-state index contributed by atoms with van der Waals surface area (Å²) in [5.41, 5.74) is 7.60. The van der Waals surface area contributed by atoms with E-state index >= 15 is 0 Å². The molecule has 1 aliphatic carbocycles. The van der Waals surface area contributed by atoms with E-state index in [-0.39, 0.29) is 22.8 Å². The lowest BCUT2D eigenvalue weighted by Crippen LogP contribution is -2.33. The topological polar surface area (TPSA) is 111 Å². The molecule has 0 unspecified atom stereocenters. The monoisotopic (exact) mass is 395 g/mol. The van der Waals surface area contributed by atoms with Gasteiger partial charge in [0.2, 0.25) is 0 Å². The first-order valence-electron chi connectivity index (χ1n) is 9.50. The van der Waals surface area contributed by atoms with Gasteiger partial charge in [-0.15, -0.1) is 0 Å². The third-order valence-corrected chi connectivity index (χ3v) is 4.45. The summed E-state index contributed by atoms with van der Waals surface area (Å²) in [6, 6.07) is 10.1. The number of ether oxygens (including phenoxy) is 1. The molecule has 0 saturated carbocycles. The van der Waals surface area contributed by atoms with Crippen molar-refractivity contribution in [2.45, 2.75) is 32.8 Å². The van der Waals surface area contributed by atoms with Crippen molar-refractivity contribution < 1.29 is 19.1 Å². The largest absolute Gasteiger partial charge is 0.444 e. The van der Waals surface area contributed by atoms with Crippen LogP contribution in [0, 0.1) is 0 Å². The van der Waals surface area contributed by atoms with E-state index in [4.69, 9.17) is 10.5 Å².